The van der Waals surface area contributed by atoms with Crippen LogP contribution in [0.25, 0.3) is 0 Å². The average molecular weight is 128 g/mol. The van der Waals surface area contributed by atoms with Crippen LogP contribution in [0.4, 0.5) is 4.39 Å². The fourth-order valence-electron chi connectivity index (χ4n) is 0.516. The van der Waals surface area contributed by atoms with Crippen molar-refractivity contribution >= 4 is 0 Å². The molecule has 0 aliphatic heterocycles. The first-order valence-corrected chi connectivity index (χ1v) is 2.38. The smallest absolute Gasteiger partial charge is 0.219 e. The van der Waals surface area contributed by atoms with Gasteiger partial charge in [-0.1, -0.05) is 0 Å². The summed E-state index contributed by atoms with van der Waals surface area (Å²) >= 11 is 0. The van der Waals surface area contributed by atoms with E-state index in [1.165, 1.54) is 6.92 Å². The predicted molar refractivity (Wildman–Crippen MR) is 28.4 cm³/mol. The molecule has 0 atom stereocenters. The molecule has 1 aromatic heterocycles. The summed E-state index contributed by atoms with van der Waals surface area (Å²) in [6.45, 7) is 1.50. The highest BCUT2D eigenvalue weighted by molar-refractivity contribution is 5.06. The van der Waals surface area contributed by atoms with Gasteiger partial charge in [0.2, 0.25) is 11.8 Å². The zero-order chi connectivity index (χ0) is 6.85. The van der Waals surface area contributed by atoms with Gasteiger partial charge in [-0.25, -0.2) is 4.98 Å². The van der Waals surface area contributed by atoms with Crippen LogP contribution in [-0.2, 0) is 0 Å². The second kappa shape index (κ2) is 1.97. The fraction of sp³-hybridized carbons (Fsp3) is 0.200. The second-order valence-electron chi connectivity index (χ2n) is 1.60. The molecular weight excluding hydrogens is 123 g/mol. The van der Waals surface area contributed by atoms with Crippen LogP contribution in [0.2, 0.25) is 0 Å². The number of aromatic hydroxyl groups is 1. The van der Waals surface area contributed by atoms with Crippen LogP contribution in [0.5, 0.6) is 5.88 Å². The molecule has 1 heterocycles. The third kappa shape index (κ3) is 1.35. The van der Waals surface area contributed by atoms with Gasteiger partial charge in [0.15, 0.2) is 0 Å². The topological polar surface area (TPSA) is 46.0 Å². The monoisotopic (exact) mass is 128 g/mol. The molecule has 0 saturated heterocycles. The maximum atomic E-state index is 12.1. The van der Waals surface area contributed by atoms with E-state index in [1.807, 2.05) is 0 Å². The lowest BCUT2D eigenvalue weighted by atomic mass is 10.6. The quantitative estimate of drug-likeness (QED) is 0.521. The van der Waals surface area contributed by atoms with Gasteiger partial charge in [0.25, 0.3) is 0 Å². The largest absolute Gasteiger partial charge is 0.493 e. The zero-order valence-corrected chi connectivity index (χ0v) is 4.80. The molecule has 0 amide bonds. The van der Waals surface area contributed by atoms with E-state index in [9.17, 15) is 4.39 Å². The summed E-state index contributed by atoms with van der Waals surface area (Å²) in [6, 6.07) is 0.854. The van der Waals surface area contributed by atoms with Gasteiger partial charge in [0, 0.05) is 0 Å². The number of aromatic nitrogens is 2. The first kappa shape index (κ1) is 5.94. The zero-order valence-electron chi connectivity index (χ0n) is 4.80. The van der Waals surface area contributed by atoms with Gasteiger partial charge in [-0.05, 0) is 6.92 Å². The highest BCUT2D eigenvalue weighted by Crippen LogP contribution is 2.03. The standard InChI is InChI=1S/C5H5FN2O/c1-3-7-4(6)2-5(9)8-3/h2H,1H3,(H,7,8,9). The van der Waals surface area contributed by atoms with Crippen molar-refractivity contribution in [1.82, 2.24) is 9.97 Å². The van der Waals surface area contributed by atoms with Gasteiger partial charge in [0.1, 0.15) is 5.82 Å². The van der Waals surface area contributed by atoms with Gasteiger partial charge < -0.3 is 5.11 Å². The lowest BCUT2D eigenvalue weighted by Crippen LogP contribution is -1.89. The molecule has 0 aliphatic rings. The van der Waals surface area contributed by atoms with Crippen LogP contribution in [-0.4, -0.2) is 15.1 Å². The summed E-state index contributed by atoms with van der Waals surface area (Å²) in [5.41, 5.74) is 0. The van der Waals surface area contributed by atoms with Crippen molar-refractivity contribution in [2.45, 2.75) is 6.92 Å². The summed E-state index contributed by atoms with van der Waals surface area (Å²) in [5, 5.41) is 8.60. The molecule has 4 heteroatoms. The van der Waals surface area contributed by atoms with Gasteiger partial charge in [-0.2, -0.15) is 9.37 Å². The summed E-state index contributed by atoms with van der Waals surface area (Å²) in [4.78, 5) is 6.74. The average Bonchev–Trinajstić information content (AvgIpc) is 1.59. The molecular formula is C5H5FN2O. The van der Waals surface area contributed by atoms with E-state index < -0.39 is 5.95 Å². The molecule has 0 aromatic carbocycles. The number of nitrogens with zero attached hydrogens (tertiary/aromatic N) is 2. The Hall–Kier alpha value is -1.19. The minimum atomic E-state index is -0.708. The van der Waals surface area contributed by atoms with Crippen molar-refractivity contribution in [3.8, 4) is 5.88 Å². The Labute approximate surface area is 51.2 Å². The van der Waals surface area contributed by atoms with E-state index in [2.05, 4.69) is 9.97 Å². The van der Waals surface area contributed by atoms with Gasteiger partial charge in [-0.15, -0.1) is 0 Å². The van der Waals surface area contributed by atoms with E-state index in [4.69, 9.17) is 5.11 Å². The van der Waals surface area contributed by atoms with E-state index >= 15 is 0 Å². The summed E-state index contributed by atoms with van der Waals surface area (Å²) in [5.74, 6) is -0.812. The molecule has 0 aliphatic carbocycles. The number of halogens is 1. The van der Waals surface area contributed by atoms with Crippen molar-refractivity contribution in [3.63, 3.8) is 0 Å². The Morgan fingerprint density at radius 3 is 2.67 bits per heavy atom. The molecule has 48 valence electrons. The molecule has 1 N–H and O–H groups in total. The predicted octanol–water partition coefficient (Wildman–Crippen LogP) is 0.630. The summed E-state index contributed by atoms with van der Waals surface area (Å²) in [6.07, 6.45) is 0. The number of rotatable bonds is 0. The van der Waals surface area contributed by atoms with Crippen molar-refractivity contribution in [2.75, 3.05) is 0 Å². The molecule has 1 rings (SSSR count). The van der Waals surface area contributed by atoms with E-state index in [-0.39, 0.29) is 11.7 Å². The maximum absolute atomic E-state index is 12.1. The molecule has 9 heavy (non-hydrogen) atoms. The van der Waals surface area contributed by atoms with Crippen LogP contribution in [0, 0.1) is 12.9 Å². The maximum Gasteiger partial charge on any atom is 0.219 e. The van der Waals surface area contributed by atoms with Crippen LogP contribution >= 0.6 is 0 Å². The van der Waals surface area contributed by atoms with Gasteiger partial charge in [0.05, 0.1) is 6.07 Å². The van der Waals surface area contributed by atoms with Gasteiger partial charge >= 0.3 is 0 Å². The molecule has 1 aromatic rings. The van der Waals surface area contributed by atoms with Crippen LogP contribution in [0.3, 0.4) is 0 Å². The number of hydrogen-bond acceptors (Lipinski definition) is 3. The highest BCUT2D eigenvalue weighted by Gasteiger charge is 1.96. The summed E-state index contributed by atoms with van der Waals surface area (Å²) < 4.78 is 12.1. The SMILES string of the molecule is Cc1nc(O)cc(F)n1. The van der Waals surface area contributed by atoms with E-state index in [0.29, 0.717) is 0 Å². The van der Waals surface area contributed by atoms with E-state index in [1.54, 1.807) is 0 Å². The minimum Gasteiger partial charge on any atom is -0.493 e. The van der Waals surface area contributed by atoms with Gasteiger partial charge in [-0.3, -0.25) is 0 Å². The van der Waals surface area contributed by atoms with Crippen molar-refractivity contribution in [1.29, 1.82) is 0 Å². The second-order valence-corrected chi connectivity index (χ2v) is 1.60. The first-order valence-electron chi connectivity index (χ1n) is 2.38. The highest BCUT2D eigenvalue weighted by atomic mass is 19.1. The molecule has 0 spiro atoms. The Morgan fingerprint density at radius 2 is 2.22 bits per heavy atom. The number of hydrogen-bond donors (Lipinski definition) is 1. The Morgan fingerprint density at radius 1 is 1.56 bits per heavy atom. The van der Waals surface area contributed by atoms with Crippen molar-refractivity contribution < 1.29 is 9.50 Å². The Bertz CT molecular complexity index is 176. The molecule has 0 unspecified atom stereocenters. The molecule has 0 radical (unpaired) electrons. The lowest BCUT2D eigenvalue weighted by Gasteiger charge is -1.91. The van der Waals surface area contributed by atoms with Crippen LogP contribution < -0.4 is 0 Å². The molecule has 0 saturated carbocycles. The first-order chi connectivity index (χ1) is 4.18. The third-order valence-corrected chi connectivity index (χ3v) is 0.793. The Balaban J connectivity index is 3.17. The minimum absolute atomic E-state index is 0.229. The molecule has 0 bridgehead atoms. The normalized spacial score (nSPS) is 9.56. The molecule has 0 fully saturated rings. The van der Waals surface area contributed by atoms with E-state index in [0.717, 1.165) is 6.07 Å². The van der Waals surface area contributed by atoms with Crippen LogP contribution in [0.15, 0.2) is 6.07 Å². The third-order valence-electron chi connectivity index (χ3n) is 0.793. The molecule has 3 nitrogen and oxygen atoms in total. The summed E-state index contributed by atoms with van der Waals surface area (Å²) in [7, 11) is 0. The fourth-order valence-corrected chi connectivity index (χ4v) is 0.516. The van der Waals surface area contributed by atoms with Crippen LogP contribution in [0.1, 0.15) is 5.82 Å². The van der Waals surface area contributed by atoms with Crippen molar-refractivity contribution in [2.24, 2.45) is 0 Å². The Kier molecular flexibility index (Phi) is 1.30. The lowest BCUT2D eigenvalue weighted by molar-refractivity contribution is 0.438. The number of aryl methyl sites for hydroxylation is 1. The van der Waals surface area contributed by atoms with Crippen molar-refractivity contribution in [3.05, 3.63) is 17.8 Å².